The zero-order chi connectivity index (χ0) is 16.0. The van der Waals surface area contributed by atoms with Crippen LogP contribution in [0.1, 0.15) is 45.6 Å². The Morgan fingerprint density at radius 2 is 2.05 bits per heavy atom. The topological polar surface area (TPSA) is 87.2 Å². The fourth-order valence-electron chi connectivity index (χ4n) is 2.07. The summed E-state index contributed by atoms with van der Waals surface area (Å²) < 4.78 is 27.2. The van der Waals surface area contributed by atoms with Crippen molar-refractivity contribution in [3.8, 4) is 6.07 Å². The Morgan fingerprint density at radius 1 is 1.38 bits per heavy atom. The Balaban J connectivity index is 3.25. The highest BCUT2D eigenvalue weighted by Crippen LogP contribution is 2.26. The molecule has 1 aromatic carbocycles. The monoisotopic (exact) mass is 309 g/mol. The van der Waals surface area contributed by atoms with Gasteiger partial charge in [-0.3, -0.25) is 0 Å². The normalized spacial score (nSPS) is 13.1. The third-order valence-electron chi connectivity index (χ3n) is 3.54. The molecule has 0 spiro atoms. The minimum Gasteiger partial charge on any atom is -0.398 e. The molecule has 6 heteroatoms. The summed E-state index contributed by atoms with van der Waals surface area (Å²) in [5, 5.41) is 8.84. The van der Waals surface area contributed by atoms with Crippen molar-refractivity contribution in [3.05, 3.63) is 23.8 Å². The zero-order valence-electron chi connectivity index (χ0n) is 12.8. The smallest absolute Gasteiger partial charge is 0.245 e. The Hall–Kier alpha value is -1.58. The maximum atomic E-state index is 12.8. The third kappa shape index (κ3) is 3.96. The first-order valence-corrected chi connectivity index (χ1v) is 8.63. The Labute approximate surface area is 127 Å². The average Bonchev–Trinajstić information content (AvgIpc) is 2.46. The van der Waals surface area contributed by atoms with Crippen molar-refractivity contribution in [1.29, 1.82) is 5.26 Å². The van der Waals surface area contributed by atoms with Crippen LogP contribution in [0.5, 0.6) is 0 Å². The van der Waals surface area contributed by atoms with Crippen molar-refractivity contribution in [2.45, 2.75) is 51.0 Å². The first-order chi connectivity index (χ1) is 9.88. The molecule has 21 heavy (non-hydrogen) atoms. The van der Waals surface area contributed by atoms with E-state index in [1.54, 1.807) is 0 Å². The van der Waals surface area contributed by atoms with E-state index in [0.717, 1.165) is 19.3 Å². The summed E-state index contributed by atoms with van der Waals surface area (Å²) in [6.07, 6.45) is 2.46. The molecule has 116 valence electrons. The van der Waals surface area contributed by atoms with E-state index in [4.69, 9.17) is 11.0 Å². The lowest BCUT2D eigenvalue weighted by Crippen LogP contribution is -2.39. The lowest BCUT2D eigenvalue weighted by molar-refractivity contribution is 0.324. The lowest BCUT2D eigenvalue weighted by atomic mass is 10.2. The van der Waals surface area contributed by atoms with Crippen LogP contribution in [-0.4, -0.2) is 25.3 Å². The Morgan fingerprint density at radius 3 is 2.52 bits per heavy atom. The van der Waals surface area contributed by atoms with Crippen molar-refractivity contribution in [1.82, 2.24) is 4.31 Å². The molecule has 0 saturated carbocycles. The Kier molecular flexibility index (Phi) is 6.19. The minimum atomic E-state index is -3.64. The highest BCUT2D eigenvalue weighted by Gasteiger charge is 2.29. The van der Waals surface area contributed by atoms with Gasteiger partial charge in [0.15, 0.2) is 0 Å². The Bertz CT molecular complexity index is 620. The molecule has 0 aliphatic heterocycles. The van der Waals surface area contributed by atoms with Crippen LogP contribution in [0.2, 0.25) is 0 Å². The minimum absolute atomic E-state index is 0.0814. The number of unbranched alkanes of at least 4 members (excludes halogenated alkanes) is 1. The molecule has 0 aromatic heterocycles. The number of hydrogen-bond acceptors (Lipinski definition) is 4. The van der Waals surface area contributed by atoms with Gasteiger partial charge >= 0.3 is 0 Å². The van der Waals surface area contributed by atoms with E-state index in [0.29, 0.717) is 12.1 Å². The zero-order valence-corrected chi connectivity index (χ0v) is 13.7. The number of benzene rings is 1. The maximum absolute atomic E-state index is 12.8. The van der Waals surface area contributed by atoms with Crippen LogP contribution < -0.4 is 5.73 Å². The summed E-state index contributed by atoms with van der Waals surface area (Å²) in [4.78, 5) is 0.0814. The molecule has 0 radical (unpaired) electrons. The molecule has 0 bridgehead atoms. The summed E-state index contributed by atoms with van der Waals surface area (Å²) in [5.41, 5.74) is 6.31. The lowest BCUT2D eigenvalue weighted by Gasteiger charge is -2.28. The summed E-state index contributed by atoms with van der Waals surface area (Å²) in [6.45, 7) is 6.36. The van der Waals surface area contributed by atoms with E-state index in [-0.39, 0.29) is 16.6 Å². The van der Waals surface area contributed by atoms with Crippen LogP contribution in [0.4, 0.5) is 5.69 Å². The predicted octanol–water partition coefficient (Wildman–Crippen LogP) is 2.73. The van der Waals surface area contributed by atoms with E-state index in [9.17, 15) is 8.42 Å². The molecule has 0 heterocycles. The summed E-state index contributed by atoms with van der Waals surface area (Å²) in [7, 11) is -3.64. The summed E-state index contributed by atoms with van der Waals surface area (Å²) in [5.74, 6) is 0. The first kappa shape index (κ1) is 17.5. The fraction of sp³-hybridized carbons (Fsp3) is 0.533. The molecule has 1 rings (SSSR count). The number of nitrogen functional groups attached to an aromatic ring is 1. The number of hydrogen-bond donors (Lipinski definition) is 1. The predicted molar refractivity (Wildman–Crippen MR) is 84.1 cm³/mol. The first-order valence-electron chi connectivity index (χ1n) is 7.19. The van der Waals surface area contributed by atoms with Gasteiger partial charge in [0.2, 0.25) is 10.0 Å². The second-order valence-corrected chi connectivity index (χ2v) is 6.95. The SMILES string of the molecule is CCCCN(C(C)CC)S(=O)(=O)c1ccc(C#N)cc1N. The molecule has 1 aromatic rings. The van der Waals surface area contributed by atoms with Gasteiger partial charge in [-0.05, 0) is 38.0 Å². The summed E-state index contributed by atoms with van der Waals surface area (Å²) >= 11 is 0. The molecule has 0 saturated heterocycles. The molecular formula is C15H23N3O2S. The van der Waals surface area contributed by atoms with E-state index in [2.05, 4.69) is 0 Å². The highest BCUT2D eigenvalue weighted by atomic mass is 32.2. The second-order valence-electron chi connectivity index (χ2n) is 5.09. The molecule has 1 unspecified atom stereocenters. The number of sulfonamides is 1. The van der Waals surface area contributed by atoms with Crippen molar-refractivity contribution in [2.75, 3.05) is 12.3 Å². The van der Waals surface area contributed by atoms with Crippen LogP contribution in [0, 0.1) is 11.3 Å². The van der Waals surface area contributed by atoms with Crippen LogP contribution in [0.15, 0.2) is 23.1 Å². The molecule has 1 atom stereocenters. The number of rotatable bonds is 7. The standard InChI is InChI=1S/C15H23N3O2S/c1-4-6-9-18(12(3)5-2)21(19,20)15-8-7-13(11-16)10-14(15)17/h7-8,10,12H,4-6,9,17H2,1-3H3. The molecule has 0 amide bonds. The van der Waals surface area contributed by atoms with Crippen molar-refractivity contribution < 1.29 is 8.42 Å². The van der Waals surface area contributed by atoms with Crippen LogP contribution in [0.25, 0.3) is 0 Å². The maximum Gasteiger partial charge on any atom is 0.245 e. The van der Waals surface area contributed by atoms with Gasteiger partial charge in [0.05, 0.1) is 17.3 Å². The van der Waals surface area contributed by atoms with Gasteiger partial charge in [-0.1, -0.05) is 20.3 Å². The van der Waals surface area contributed by atoms with Gasteiger partial charge in [-0.2, -0.15) is 9.57 Å². The molecule has 0 fully saturated rings. The van der Waals surface area contributed by atoms with E-state index in [1.165, 1.54) is 22.5 Å². The van der Waals surface area contributed by atoms with Gasteiger partial charge in [0.25, 0.3) is 0 Å². The van der Waals surface area contributed by atoms with Crippen molar-refractivity contribution >= 4 is 15.7 Å². The van der Waals surface area contributed by atoms with Gasteiger partial charge in [0, 0.05) is 12.6 Å². The van der Waals surface area contributed by atoms with Crippen LogP contribution in [0.3, 0.4) is 0 Å². The van der Waals surface area contributed by atoms with E-state index < -0.39 is 10.0 Å². The molecule has 0 aliphatic carbocycles. The van der Waals surface area contributed by atoms with Gasteiger partial charge < -0.3 is 5.73 Å². The van der Waals surface area contributed by atoms with E-state index in [1.807, 2.05) is 26.8 Å². The number of nitrogens with two attached hydrogens (primary N) is 1. The fourth-order valence-corrected chi connectivity index (χ4v) is 3.92. The average molecular weight is 309 g/mol. The number of nitriles is 1. The van der Waals surface area contributed by atoms with E-state index >= 15 is 0 Å². The number of anilines is 1. The van der Waals surface area contributed by atoms with Crippen molar-refractivity contribution in [2.24, 2.45) is 0 Å². The third-order valence-corrected chi connectivity index (χ3v) is 5.63. The van der Waals surface area contributed by atoms with Gasteiger partial charge in [0.1, 0.15) is 4.90 Å². The van der Waals surface area contributed by atoms with Crippen LogP contribution in [-0.2, 0) is 10.0 Å². The largest absolute Gasteiger partial charge is 0.398 e. The molecule has 0 aliphatic rings. The van der Waals surface area contributed by atoms with Gasteiger partial charge in [-0.25, -0.2) is 8.42 Å². The molecular weight excluding hydrogens is 286 g/mol. The van der Waals surface area contributed by atoms with Crippen LogP contribution >= 0.6 is 0 Å². The van der Waals surface area contributed by atoms with Gasteiger partial charge in [-0.15, -0.1) is 0 Å². The highest BCUT2D eigenvalue weighted by molar-refractivity contribution is 7.89. The second kappa shape index (κ2) is 7.43. The number of nitrogens with zero attached hydrogens (tertiary/aromatic N) is 2. The van der Waals surface area contributed by atoms with Crippen molar-refractivity contribution in [3.63, 3.8) is 0 Å². The molecule has 5 nitrogen and oxygen atoms in total. The summed E-state index contributed by atoms with van der Waals surface area (Å²) in [6, 6.07) is 6.18. The quantitative estimate of drug-likeness (QED) is 0.784. The molecule has 2 N–H and O–H groups in total.